The number of benzene rings is 1. The molecule has 1 aromatic heterocycles. The third kappa shape index (κ3) is 6.63. The normalized spacial score (nSPS) is 19.4. The topological polar surface area (TPSA) is 125 Å². The molecule has 9 nitrogen and oxygen atoms in total. The highest BCUT2D eigenvalue weighted by Gasteiger charge is 2.48. The van der Waals surface area contributed by atoms with E-state index in [2.05, 4.69) is 21.0 Å². The molecule has 10 heteroatoms. The van der Waals surface area contributed by atoms with E-state index < -0.39 is 23.7 Å². The number of carbonyl (C=O) groups excluding carboxylic acids is 3. The Morgan fingerprint density at radius 3 is 2.20 bits per heavy atom. The van der Waals surface area contributed by atoms with Crippen LogP contribution in [0.5, 0.6) is 0 Å². The van der Waals surface area contributed by atoms with Crippen LogP contribution in [0.25, 0.3) is 0 Å². The minimum absolute atomic E-state index is 0.00411. The fourth-order valence-electron chi connectivity index (χ4n) is 6.08. The standard InChI is InChI=1S/C31H42FN5O4/c1-17(2)37-26(13-14-33-37)30(40)36-28(27(20-7-8-20)21-9-10-21)31(41)34-24-12-11-22(15-23(24)32)18(3)29(39)35-25(16-38)19-5-4-6-19/h11-15,17-21,25,27-28,38H,4-10,16H2,1-3H3,(H,34,41)(H,35,39)(H,36,40)/t18-,25-,28-/m0/s1. The van der Waals surface area contributed by atoms with Gasteiger partial charge in [0.25, 0.3) is 5.91 Å². The second-order valence-corrected chi connectivity index (χ2v) is 12.4. The van der Waals surface area contributed by atoms with E-state index in [1.54, 1.807) is 29.9 Å². The molecule has 41 heavy (non-hydrogen) atoms. The van der Waals surface area contributed by atoms with Gasteiger partial charge >= 0.3 is 0 Å². The first kappa shape index (κ1) is 29.2. The summed E-state index contributed by atoms with van der Waals surface area (Å²) >= 11 is 0. The molecule has 0 bridgehead atoms. The Bertz CT molecular complexity index is 1250. The average molecular weight is 568 g/mol. The van der Waals surface area contributed by atoms with Gasteiger partial charge in [0.1, 0.15) is 17.6 Å². The first-order valence-electron chi connectivity index (χ1n) is 15.0. The number of aliphatic hydroxyl groups is 1. The van der Waals surface area contributed by atoms with Crippen LogP contribution >= 0.6 is 0 Å². The Labute approximate surface area is 240 Å². The van der Waals surface area contributed by atoms with Crippen molar-refractivity contribution in [3.05, 3.63) is 47.5 Å². The predicted octanol–water partition coefficient (Wildman–Crippen LogP) is 4.16. The molecule has 222 valence electrons. The van der Waals surface area contributed by atoms with Crippen molar-refractivity contribution in [3.8, 4) is 0 Å². The molecular weight excluding hydrogens is 525 g/mol. The predicted molar refractivity (Wildman–Crippen MR) is 153 cm³/mol. The summed E-state index contributed by atoms with van der Waals surface area (Å²) < 4.78 is 16.9. The second kappa shape index (κ2) is 12.3. The number of anilines is 1. The third-order valence-electron chi connectivity index (χ3n) is 9.07. The molecule has 1 heterocycles. The van der Waals surface area contributed by atoms with Crippen LogP contribution < -0.4 is 16.0 Å². The van der Waals surface area contributed by atoms with Crippen LogP contribution in [-0.2, 0) is 9.59 Å². The molecule has 0 spiro atoms. The molecule has 4 N–H and O–H groups in total. The molecule has 3 saturated carbocycles. The molecule has 0 saturated heterocycles. The summed E-state index contributed by atoms with van der Waals surface area (Å²) in [5.41, 5.74) is 0.862. The van der Waals surface area contributed by atoms with Crippen molar-refractivity contribution >= 4 is 23.4 Å². The molecule has 3 aliphatic carbocycles. The minimum Gasteiger partial charge on any atom is -0.394 e. The number of nitrogens with zero attached hydrogens (tertiary/aromatic N) is 2. The first-order chi connectivity index (χ1) is 19.7. The van der Waals surface area contributed by atoms with E-state index in [1.807, 2.05) is 13.8 Å². The van der Waals surface area contributed by atoms with Crippen LogP contribution in [0.2, 0.25) is 0 Å². The fraction of sp³-hybridized carbons (Fsp3) is 0.613. The summed E-state index contributed by atoms with van der Waals surface area (Å²) in [5, 5.41) is 22.5. The number of amides is 3. The molecule has 1 aromatic carbocycles. The molecular formula is C31H42FN5O4. The van der Waals surface area contributed by atoms with Gasteiger partial charge in [-0.25, -0.2) is 4.39 Å². The van der Waals surface area contributed by atoms with Crippen molar-refractivity contribution in [3.63, 3.8) is 0 Å². The van der Waals surface area contributed by atoms with Crippen LogP contribution in [0, 0.1) is 29.5 Å². The Balaban J connectivity index is 1.29. The van der Waals surface area contributed by atoms with Gasteiger partial charge in [-0.1, -0.05) is 12.5 Å². The number of halogens is 1. The average Bonchev–Trinajstić information content (AvgIpc) is 3.86. The van der Waals surface area contributed by atoms with E-state index in [9.17, 15) is 19.5 Å². The summed E-state index contributed by atoms with van der Waals surface area (Å²) in [6.45, 7) is 5.44. The van der Waals surface area contributed by atoms with Crippen LogP contribution in [0.4, 0.5) is 10.1 Å². The summed E-state index contributed by atoms with van der Waals surface area (Å²) in [5.74, 6) is -1.36. The first-order valence-corrected chi connectivity index (χ1v) is 15.0. The van der Waals surface area contributed by atoms with Crippen molar-refractivity contribution in [2.24, 2.45) is 23.7 Å². The number of carbonyl (C=O) groups is 3. The Kier molecular flexibility index (Phi) is 8.77. The Hall–Kier alpha value is -3.27. The quantitative estimate of drug-likeness (QED) is 0.289. The highest BCUT2D eigenvalue weighted by Crippen LogP contribution is 2.51. The van der Waals surface area contributed by atoms with Crippen molar-refractivity contribution in [2.75, 3.05) is 11.9 Å². The zero-order valence-corrected chi connectivity index (χ0v) is 24.1. The van der Waals surface area contributed by atoms with Crippen molar-refractivity contribution in [2.45, 2.75) is 89.8 Å². The van der Waals surface area contributed by atoms with Gasteiger partial charge in [0, 0.05) is 12.2 Å². The molecule has 3 atom stereocenters. The molecule has 3 amide bonds. The highest BCUT2D eigenvalue weighted by molar-refractivity contribution is 6.01. The number of aromatic nitrogens is 2. The number of rotatable bonds is 13. The van der Waals surface area contributed by atoms with Crippen LogP contribution in [-0.4, -0.2) is 51.3 Å². The monoisotopic (exact) mass is 567 g/mol. The zero-order valence-electron chi connectivity index (χ0n) is 24.1. The van der Waals surface area contributed by atoms with Gasteiger partial charge in [-0.2, -0.15) is 5.10 Å². The molecule has 3 fully saturated rings. The van der Waals surface area contributed by atoms with E-state index in [0.717, 1.165) is 44.9 Å². The fourth-order valence-corrected chi connectivity index (χ4v) is 6.08. The zero-order chi connectivity index (χ0) is 29.3. The van der Waals surface area contributed by atoms with Gasteiger partial charge in [-0.15, -0.1) is 0 Å². The summed E-state index contributed by atoms with van der Waals surface area (Å²) in [6.07, 6.45) is 8.70. The second-order valence-electron chi connectivity index (χ2n) is 12.4. The Morgan fingerprint density at radius 1 is 0.976 bits per heavy atom. The molecule has 0 radical (unpaired) electrons. The molecule has 2 aromatic rings. The van der Waals surface area contributed by atoms with Gasteiger partial charge in [-0.3, -0.25) is 19.1 Å². The summed E-state index contributed by atoms with van der Waals surface area (Å²) in [7, 11) is 0. The van der Waals surface area contributed by atoms with Gasteiger partial charge in [0.2, 0.25) is 11.8 Å². The van der Waals surface area contributed by atoms with Gasteiger partial charge in [0.05, 0.1) is 24.3 Å². The Morgan fingerprint density at radius 2 is 1.66 bits per heavy atom. The van der Waals surface area contributed by atoms with Crippen molar-refractivity contribution < 1.29 is 23.9 Å². The van der Waals surface area contributed by atoms with E-state index in [0.29, 0.717) is 23.1 Å². The highest BCUT2D eigenvalue weighted by atomic mass is 19.1. The van der Waals surface area contributed by atoms with E-state index in [4.69, 9.17) is 0 Å². The van der Waals surface area contributed by atoms with Gasteiger partial charge < -0.3 is 21.1 Å². The number of hydrogen-bond donors (Lipinski definition) is 4. The molecule has 0 aliphatic heterocycles. The molecule has 3 aliphatic rings. The molecule has 0 unspecified atom stereocenters. The van der Waals surface area contributed by atoms with E-state index in [1.165, 1.54) is 12.1 Å². The minimum atomic E-state index is -0.802. The van der Waals surface area contributed by atoms with Crippen LogP contribution in [0.3, 0.4) is 0 Å². The smallest absolute Gasteiger partial charge is 0.270 e. The van der Waals surface area contributed by atoms with Crippen LogP contribution in [0.1, 0.15) is 93.7 Å². The lowest BCUT2D eigenvalue weighted by atomic mass is 9.80. The lowest BCUT2D eigenvalue weighted by molar-refractivity contribution is -0.124. The maximum absolute atomic E-state index is 15.3. The summed E-state index contributed by atoms with van der Waals surface area (Å²) in [4.78, 5) is 39.8. The summed E-state index contributed by atoms with van der Waals surface area (Å²) in [6, 6.07) is 4.89. The SMILES string of the molecule is CC(C)n1nccc1C(=O)N[C@H](C(=O)Nc1ccc([C@H](C)C(=O)N[C@@H](CO)C2CCC2)cc1F)C(C1CC1)C1CC1. The van der Waals surface area contributed by atoms with Gasteiger partial charge in [-0.05, 0) is 107 Å². The largest absolute Gasteiger partial charge is 0.394 e. The third-order valence-corrected chi connectivity index (χ3v) is 9.07. The van der Waals surface area contributed by atoms with Gasteiger partial charge in [0.15, 0.2) is 0 Å². The maximum Gasteiger partial charge on any atom is 0.270 e. The lowest BCUT2D eigenvalue weighted by Crippen LogP contribution is -2.50. The van der Waals surface area contributed by atoms with Crippen molar-refractivity contribution in [1.82, 2.24) is 20.4 Å². The maximum atomic E-state index is 15.3. The number of nitrogens with one attached hydrogen (secondary N) is 3. The number of aliphatic hydroxyl groups excluding tert-OH is 1. The van der Waals surface area contributed by atoms with Crippen molar-refractivity contribution in [1.29, 1.82) is 0 Å². The lowest BCUT2D eigenvalue weighted by Gasteiger charge is -2.33. The van der Waals surface area contributed by atoms with E-state index >= 15 is 4.39 Å². The van der Waals surface area contributed by atoms with Crippen LogP contribution in [0.15, 0.2) is 30.5 Å². The number of hydrogen-bond acceptors (Lipinski definition) is 5. The van der Waals surface area contributed by atoms with E-state index in [-0.39, 0.29) is 48.0 Å². The molecule has 5 rings (SSSR count).